The highest BCUT2D eigenvalue weighted by Gasteiger charge is 2.42. The molecule has 222 valence electrons. The van der Waals surface area contributed by atoms with E-state index in [1.165, 1.54) is 41.7 Å². The van der Waals surface area contributed by atoms with Crippen LogP contribution in [0.25, 0.3) is 10.6 Å². The van der Waals surface area contributed by atoms with Crippen LogP contribution in [0.15, 0.2) is 53.9 Å². The molecule has 2 heterocycles. The van der Waals surface area contributed by atoms with E-state index < -0.39 is 54.5 Å². The van der Waals surface area contributed by atoms with Crippen molar-refractivity contribution in [3.05, 3.63) is 81.3 Å². The van der Waals surface area contributed by atoms with Gasteiger partial charge in [-0.15, -0.1) is 22.7 Å². The Hall–Kier alpha value is -3.98. The van der Waals surface area contributed by atoms with Gasteiger partial charge in [0.05, 0.1) is 27.7 Å². The van der Waals surface area contributed by atoms with Crippen molar-refractivity contribution in [3.8, 4) is 16.3 Å². The van der Waals surface area contributed by atoms with Crippen LogP contribution in [-0.2, 0) is 11.2 Å². The van der Waals surface area contributed by atoms with Crippen molar-refractivity contribution in [1.82, 2.24) is 15.3 Å². The van der Waals surface area contributed by atoms with Crippen LogP contribution >= 0.6 is 22.7 Å². The van der Waals surface area contributed by atoms with E-state index in [1.54, 1.807) is 5.38 Å². The smallest absolute Gasteiger partial charge is 0.422 e. The number of aryl methyl sites for hydroxylation is 2. The molecular weight excluding hydrogens is 606 g/mol. The first-order valence-electron chi connectivity index (χ1n) is 12.1. The van der Waals surface area contributed by atoms with E-state index in [-0.39, 0.29) is 16.3 Å². The van der Waals surface area contributed by atoms with Gasteiger partial charge in [0.1, 0.15) is 5.75 Å². The number of hydrogen-bond donors (Lipinski definition) is 2. The average Bonchev–Trinajstić information content (AvgIpc) is 3.49. The zero-order chi connectivity index (χ0) is 30.7. The van der Waals surface area contributed by atoms with Crippen molar-refractivity contribution in [2.24, 2.45) is 0 Å². The zero-order valence-corrected chi connectivity index (χ0v) is 23.5. The van der Waals surface area contributed by atoms with Crippen molar-refractivity contribution in [1.29, 1.82) is 0 Å². The number of aromatic nitrogens is 2. The number of carbonyl (C=O) groups is 2. The van der Waals surface area contributed by atoms with Crippen molar-refractivity contribution in [2.75, 3.05) is 11.9 Å². The lowest BCUT2D eigenvalue weighted by molar-refractivity contribution is -0.155. The first kappa shape index (κ1) is 31.0. The first-order valence-corrected chi connectivity index (χ1v) is 13.8. The van der Waals surface area contributed by atoms with Crippen LogP contribution in [-0.4, -0.2) is 40.7 Å². The van der Waals surface area contributed by atoms with E-state index >= 15 is 0 Å². The quantitative estimate of drug-likeness (QED) is 0.194. The highest BCUT2D eigenvalue weighted by molar-refractivity contribution is 7.16. The maximum atomic E-state index is 13.8. The van der Waals surface area contributed by atoms with Gasteiger partial charge in [0.25, 0.3) is 5.91 Å². The van der Waals surface area contributed by atoms with Crippen LogP contribution in [0.2, 0.25) is 0 Å². The van der Waals surface area contributed by atoms with E-state index in [2.05, 4.69) is 15.3 Å². The van der Waals surface area contributed by atoms with E-state index in [0.29, 0.717) is 5.69 Å². The minimum Gasteiger partial charge on any atom is -0.484 e. The van der Waals surface area contributed by atoms with Gasteiger partial charge in [0, 0.05) is 10.9 Å². The normalized spacial score (nSPS) is 12.6. The molecular formula is C27H22F6N4O3S2. The summed E-state index contributed by atoms with van der Waals surface area (Å²) < 4.78 is 84.5. The molecule has 1 atom stereocenters. The van der Waals surface area contributed by atoms with Crippen molar-refractivity contribution in [2.45, 2.75) is 38.7 Å². The zero-order valence-electron chi connectivity index (χ0n) is 21.9. The molecule has 2 aromatic carbocycles. The van der Waals surface area contributed by atoms with Gasteiger partial charge in [-0.3, -0.25) is 9.59 Å². The topological polar surface area (TPSA) is 93.2 Å². The highest BCUT2D eigenvalue weighted by atomic mass is 32.1. The number of anilines is 1. The molecule has 2 aromatic heterocycles. The summed E-state index contributed by atoms with van der Waals surface area (Å²) in [6.07, 6.45) is -10.0. The average molecular weight is 629 g/mol. The SMILES string of the molecule is Cc1nc(C)c(-c2csc(NC(=O)Cc3cc(OCC(F)(F)F)cc(C(=O)N[C@H](c4ccccc4)C(F)(F)F)c3)n2)s1. The lowest BCUT2D eigenvalue weighted by Gasteiger charge is -2.22. The van der Waals surface area contributed by atoms with Crippen LogP contribution < -0.4 is 15.4 Å². The molecule has 15 heteroatoms. The number of carbonyl (C=O) groups excluding carboxylic acids is 2. The molecule has 7 nitrogen and oxygen atoms in total. The molecule has 0 radical (unpaired) electrons. The number of benzene rings is 2. The van der Waals surface area contributed by atoms with E-state index in [4.69, 9.17) is 4.74 Å². The second kappa shape index (κ2) is 12.5. The van der Waals surface area contributed by atoms with Gasteiger partial charge in [-0.05, 0) is 43.2 Å². The summed E-state index contributed by atoms with van der Waals surface area (Å²) in [7, 11) is 0. The molecule has 2 amide bonds. The second-order valence-electron chi connectivity index (χ2n) is 9.04. The fraction of sp³-hybridized carbons (Fsp3) is 0.259. The maximum Gasteiger partial charge on any atom is 0.422 e. The Morgan fingerprint density at radius 1 is 1.00 bits per heavy atom. The molecule has 0 saturated carbocycles. The number of nitrogens with zero attached hydrogens (tertiary/aromatic N) is 2. The number of thiazole rings is 2. The summed E-state index contributed by atoms with van der Waals surface area (Å²) in [5, 5.41) is 7.29. The third-order valence-electron chi connectivity index (χ3n) is 5.62. The van der Waals surface area contributed by atoms with Gasteiger partial charge in [-0.25, -0.2) is 9.97 Å². The van der Waals surface area contributed by atoms with E-state index in [9.17, 15) is 35.9 Å². The largest absolute Gasteiger partial charge is 0.484 e. The number of rotatable bonds is 9. The Morgan fingerprint density at radius 3 is 2.33 bits per heavy atom. The lowest BCUT2D eigenvalue weighted by atomic mass is 10.0. The van der Waals surface area contributed by atoms with Gasteiger partial charge in [0.2, 0.25) is 5.91 Å². The van der Waals surface area contributed by atoms with Gasteiger partial charge in [-0.2, -0.15) is 26.3 Å². The van der Waals surface area contributed by atoms with Crippen molar-refractivity contribution < 1.29 is 40.7 Å². The molecule has 0 aliphatic rings. The summed E-state index contributed by atoms with van der Waals surface area (Å²) in [5.41, 5.74) is 0.759. The van der Waals surface area contributed by atoms with Crippen molar-refractivity contribution >= 4 is 39.6 Å². The van der Waals surface area contributed by atoms with Crippen LogP contribution in [0.1, 0.15) is 38.2 Å². The summed E-state index contributed by atoms with van der Waals surface area (Å²) in [6.45, 7) is 1.97. The van der Waals surface area contributed by atoms with Crippen LogP contribution in [0.5, 0.6) is 5.75 Å². The highest BCUT2D eigenvalue weighted by Crippen LogP contribution is 2.34. The molecule has 0 fully saturated rings. The summed E-state index contributed by atoms with van der Waals surface area (Å²) in [5.74, 6) is -2.29. The molecule has 0 aliphatic heterocycles. The number of halogens is 6. The predicted molar refractivity (Wildman–Crippen MR) is 146 cm³/mol. The Kier molecular flexibility index (Phi) is 9.21. The second-order valence-corrected chi connectivity index (χ2v) is 11.1. The third kappa shape index (κ3) is 8.28. The molecule has 0 spiro atoms. The molecule has 4 rings (SSSR count). The van der Waals surface area contributed by atoms with Crippen molar-refractivity contribution in [3.63, 3.8) is 0 Å². The molecule has 42 heavy (non-hydrogen) atoms. The minimum absolute atomic E-state index is 0.0336. The molecule has 0 saturated heterocycles. The fourth-order valence-corrected chi connectivity index (χ4v) is 5.58. The monoisotopic (exact) mass is 628 g/mol. The minimum atomic E-state index is -4.87. The van der Waals surface area contributed by atoms with E-state index in [0.717, 1.165) is 45.1 Å². The van der Waals surface area contributed by atoms with Crippen LogP contribution in [0, 0.1) is 13.8 Å². The number of amides is 2. The molecule has 2 N–H and O–H groups in total. The summed E-state index contributed by atoms with van der Waals surface area (Å²) >= 11 is 2.58. The Balaban J connectivity index is 1.55. The van der Waals surface area contributed by atoms with Gasteiger partial charge in [0.15, 0.2) is 17.8 Å². The van der Waals surface area contributed by atoms with Gasteiger partial charge >= 0.3 is 12.4 Å². The standard InChI is InChI=1S/C27H22F6N4O3S2/c1-14-22(42-15(2)34-14)20-12-41-25(35-20)36-21(38)10-16-8-18(11-19(9-16)40-13-26(28,29)30)24(39)37-23(27(31,32)33)17-6-4-3-5-7-17/h3-9,11-12,23H,10,13H2,1-2H3,(H,37,39)(H,35,36,38)/t23-/m1/s1. The van der Waals surface area contributed by atoms with Gasteiger partial charge < -0.3 is 15.4 Å². The lowest BCUT2D eigenvalue weighted by Crippen LogP contribution is -2.38. The molecule has 0 unspecified atom stereocenters. The number of nitrogens with one attached hydrogen (secondary N) is 2. The van der Waals surface area contributed by atoms with Crippen LogP contribution in [0.3, 0.4) is 0 Å². The van der Waals surface area contributed by atoms with Gasteiger partial charge in [-0.1, -0.05) is 30.3 Å². The Labute approximate surface area is 243 Å². The Bertz CT molecular complexity index is 1570. The molecule has 4 aromatic rings. The predicted octanol–water partition coefficient (Wildman–Crippen LogP) is 7.04. The first-order chi connectivity index (χ1) is 19.7. The Morgan fingerprint density at radius 2 is 1.71 bits per heavy atom. The number of alkyl halides is 6. The fourth-order valence-electron chi connectivity index (χ4n) is 3.91. The van der Waals surface area contributed by atoms with E-state index in [1.807, 2.05) is 19.2 Å². The maximum absolute atomic E-state index is 13.8. The number of ether oxygens (including phenoxy) is 1. The molecule has 0 aliphatic carbocycles. The summed E-state index contributed by atoms with van der Waals surface area (Å²) in [6, 6.07) is 7.32. The number of hydrogen-bond acceptors (Lipinski definition) is 7. The summed E-state index contributed by atoms with van der Waals surface area (Å²) in [4.78, 5) is 35.3. The van der Waals surface area contributed by atoms with Crippen LogP contribution in [0.4, 0.5) is 31.5 Å². The third-order valence-corrected chi connectivity index (χ3v) is 7.47. The molecule has 0 bridgehead atoms.